The van der Waals surface area contributed by atoms with Crippen molar-refractivity contribution in [1.29, 1.82) is 0 Å². The molecule has 0 aromatic carbocycles. The lowest BCUT2D eigenvalue weighted by Crippen LogP contribution is -2.33. The normalized spacial score (nSPS) is 23.8. The van der Waals surface area contributed by atoms with Gasteiger partial charge in [0.05, 0.1) is 12.2 Å². The van der Waals surface area contributed by atoms with Crippen LogP contribution < -0.4 is 27.0 Å². The quantitative estimate of drug-likeness (QED) is 0.443. The van der Waals surface area contributed by atoms with Gasteiger partial charge in [0, 0.05) is 11.3 Å². The van der Waals surface area contributed by atoms with E-state index < -0.39 is 5.69 Å². The van der Waals surface area contributed by atoms with Crippen molar-refractivity contribution < 1.29 is 9.84 Å². The molecule has 152 valence electrons. The molecule has 0 atom stereocenters. The number of nitrogens with two attached hydrogens (primary N) is 1. The fourth-order valence-corrected chi connectivity index (χ4v) is 3.47. The van der Waals surface area contributed by atoms with Crippen molar-refractivity contribution in [3.05, 3.63) is 33.2 Å². The van der Waals surface area contributed by atoms with E-state index in [0.717, 1.165) is 38.5 Å². The SMILES string of the molecule is NC1CCC(Oc2nc(=NC3CC3)n3ncc(=Cc4[nH]c(=O)[nH]c4O)c3n2)CC1. The fraction of sp³-hybridized carbons (Fsp3) is 0.500. The van der Waals surface area contributed by atoms with Crippen LogP contribution in [0.5, 0.6) is 11.9 Å². The summed E-state index contributed by atoms with van der Waals surface area (Å²) in [6.45, 7) is 0. The minimum atomic E-state index is -0.496. The number of fused-ring (bicyclic) bond motifs is 1. The molecule has 5 rings (SSSR count). The molecule has 0 amide bonds. The van der Waals surface area contributed by atoms with E-state index in [1.165, 1.54) is 0 Å². The van der Waals surface area contributed by atoms with Gasteiger partial charge in [0.1, 0.15) is 11.8 Å². The molecule has 0 aliphatic heterocycles. The highest BCUT2D eigenvalue weighted by Gasteiger charge is 2.23. The lowest BCUT2D eigenvalue weighted by Gasteiger charge is -2.25. The van der Waals surface area contributed by atoms with Crippen LogP contribution in [0.4, 0.5) is 0 Å². The Bertz CT molecular complexity index is 1210. The second-order valence-corrected chi connectivity index (χ2v) is 7.64. The molecule has 0 unspecified atom stereocenters. The minimum absolute atomic E-state index is 0.0199. The highest BCUT2D eigenvalue weighted by atomic mass is 16.5. The zero-order valence-corrected chi connectivity index (χ0v) is 15.7. The largest absolute Gasteiger partial charge is 0.493 e. The third-order valence-electron chi connectivity index (χ3n) is 5.23. The number of aromatic amines is 2. The van der Waals surface area contributed by atoms with Crippen LogP contribution in [0.2, 0.25) is 0 Å². The van der Waals surface area contributed by atoms with Crippen LogP contribution in [0.1, 0.15) is 44.2 Å². The summed E-state index contributed by atoms with van der Waals surface area (Å²) in [5.74, 6) is -0.249. The number of imidazole rings is 1. The maximum atomic E-state index is 11.4. The molecule has 11 heteroatoms. The van der Waals surface area contributed by atoms with Gasteiger partial charge in [0.2, 0.25) is 5.88 Å². The van der Waals surface area contributed by atoms with E-state index >= 15 is 0 Å². The number of hydrogen-bond donors (Lipinski definition) is 4. The van der Waals surface area contributed by atoms with Crippen molar-refractivity contribution >= 4 is 11.7 Å². The lowest BCUT2D eigenvalue weighted by molar-refractivity contribution is 0.134. The smallest absolute Gasteiger partial charge is 0.326 e. The molecule has 2 fully saturated rings. The Labute approximate surface area is 164 Å². The molecule has 2 saturated carbocycles. The minimum Gasteiger partial charge on any atom is -0.493 e. The van der Waals surface area contributed by atoms with Gasteiger partial charge in [-0.15, -0.1) is 0 Å². The molecule has 0 bridgehead atoms. The Hall–Kier alpha value is -3.21. The van der Waals surface area contributed by atoms with Crippen LogP contribution in [0.15, 0.2) is 16.0 Å². The molecule has 2 aliphatic carbocycles. The van der Waals surface area contributed by atoms with Gasteiger partial charge in [-0.25, -0.2) is 9.79 Å². The van der Waals surface area contributed by atoms with E-state index in [1.807, 2.05) is 0 Å². The maximum absolute atomic E-state index is 11.4. The van der Waals surface area contributed by atoms with Gasteiger partial charge in [0.25, 0.3) is 5.62 Å². The number of rotatable bonds is 4. The zero-order valence-electron chi connectivity index (χ0n) is 15.7. The third kappa shape index (κ3) is 3.73. The Kier molecular flexibility index (Phi) is 4.31. The molecule has 0 spiro atoms. The Morgan fingerprint density at radius 3 is 2.69 bits per heavy atom. The molecule has 11 nitrogen and oxygen atoms in total. The number of nitrogens with zero attached hydrogens (tertiary/aromatic N) is 5. The van der Waals surface area contributed by atoms with Crippen LogP contribution >= 0.6 is 0 Å². The summed E-state index contributed by atoms with van der Waals surface area (Å²) in [5, 5.41) is 14.8. The topological polar surface area (TPSA) is 160 Å². The van der Waals surface area contributed by atoms with Crippen molar-refractivity contribution in [2.75, 3.05) is 0 Å². The molecule has 29 heavy (non-hydrogen) atoms. The van der Waals surface area contributed by atoms with Gasteiger partial charge < -0.3 is 20.6 Å². The Balaban J connectivity index is 1.59. The molecule has 3 aromatic rings. The standard InChI is InChI=1S/C18H22N8O3/c19-10-1-5-12(6-2-10)29-18-23-14-9(7-13-15(27)24-17(28)22-13)8-20-26(14)16(25-18)21-11-3-4-11/h7-8,10-12,27H,1-6,19H2,(H2,22,24,28). The van der Waals surface area contributed by atoms with Crippen LogP contribution in [-0.2, 0) is 0 Å². The maximum Gasteiger partial charge on any atom is 0.326 e. The van der Waals surface area contributed by atoms with Crippen molar-refractivity contribution in [2.24, 2.45) is 10.7 Å². The fourth-order valence-electron chi connectivity index (χ4n) is 3.47. The summed E-state index contributed by atoms with van der Waals surface area (Å²) in [6.07, 6.45) is 8.81. The van der Waals surface area contributed by atoms with Gasteiger partial charge >= 0.3 is 11.7 Å². The zero-order chi connectivity index (χ0) is 20.0. The molecule has 0 saturated heterocycles. The highest BCUT2D eigenvalue weighted by Crippen LogP contribution is 2.23. The predicted molar refractivity (Wildman–Crippen MR) is 102 cm³/mol. The van der Waals surface area contributed by atoms with Crippen LogP contribution in [0.25, 0.3) is 11.7 Å². The van der Waals surface area contributed by atoms with Crippen molar-refractivity contribution in [1.82, 2.24) is 29.5 Å². The first-order chi connectivity index (χ1) is 14.0. The summed E-state index contributed by atoms with van der Waals surface area (Å²) in [6, 6.07) is 0.723. The monoisotopic (exact) mass is 398 g/mol. The first-order valence-electron chi connectivity index (χ1n) is 9.80. The summed E-state index contributed by atoms with van der Waals surface area (Å²) in [5.41, 5.74) is 6.65. The Morgan fingerprint density at radius 2 is 2.00 bits per heavy atom. The number of aromatic nitrogens is 6. The van der Waals surface area contributed by atoms with Crippen molar-refractivity contribution in [2.45, 2.75) is 56.7 Å². The molecule has 0 radical (unpaired) electrons. The highest BCUT2D eigenvalue weighted by molar-refractivity contribution is 5.56. The van der Waals surface area contributed by atoms with Gasteiger partial charge in [-0.1, -0.05) is 0 Å². The summed E-state index contributed by atoms with van der Waals surface area (Å²) < 4.78 is 7.60. The number of nitrogens with one attached hydrogen (secondary N) is 2. The van der Waals surface area contributed by atoms with Crippen molar-refractivity contribution in [3.8, 4) is 11.9 Å². The average molecular weight is 398 g/mol. The van der Waals surface area contributed by atoms with E-state index in [2.05, 4.69) is 30.0 Å². The molecule has 3 heterocycles. The number of hydrogen-bond acceptors (Lipinski definition) is 8. The van der Waals surface area contributed by atoms with Gasteiger partial charge in [-0.05, 0) is 44.6 Å². The number of H-pyrrole nitrogens is 2. The second-order valence-electron chi connectivity index (χ2n) is 7.64. The van der Waals surface area contributed by atoms with E-state index in [4.69, 9.17) is 10.5 Å². The number of ether oxygens (including phenoxy) is 1. The van der Waals surface area contributed by atoms with Crippen LogP contribution in [0, 0.1) is 0 Å². The Morgan fingerprint density at radius 1 is 1.21 bits per heavy atom. The first-order valence-corrected chi connectivity index (χ1v) is 9.80. The van der Waals surface area contributed by atoms with E-state index in [0.29, 0.717) is 16.5 Å². The van der Waals surface area contributed by atoms with Gasteiger partial charge in [-0.3, -0.25) is 4.98 Å². The summed E-state index contributed by atoms with van der Waals surface area (Å²) in [7, 11) is 0. The van der Waals surface area contributed by atoms with Crippen LogP contribution in [0.3, 0.4) is 0 Å². The number of aromatic hydroxyl groups is 1. The molecule has 5 N–H and O–H groups in total. The van der Waals surface area contributed by atoms with Crippen molar-refractivity contribution in [3.63, 3.8) is 0 Å². The molecule has 2 aliphatic rings. The summed E-state index contributed by atoms with van der Waals surface area (Å²) >= 11 is 0. The second kappa shape index (κ2) is 6.99. The van der Waals surface area contributed by atoms with E-state index in [1.54, 1.807) is 16.8 Å². The molecular formula is C18H22N8O3. The lowest BCUT2D eigenvalue weighted by atomic mass is 9.94. The molecule has 3 aromatic heterocycles. The predicted octanol–water partition coefficient (Wildman–Crippen LogP) is -0.894. The summed E-state index contributed by atoms with van der Waals surface area (Å²) in [4.78, 5) is 29.8. The first kappa shape index (κ1) is 17.9. The van der Waals surface area contributed by atoms with E-state index in [9.17, 15) is 9.90 Å². The average Bonchev–Trinajstić information content (AvgIpc) is 3.33. The van der Waals surface area contributed by atoms with Gasteiger partial charge in [0.15, 0.2) is 5.65 Å². The molecular weight excluding hydrogens is 376 g/mol. The third-order valence-corrected chi connectivity index (χ3v) is 5.23. The van der Waals surface area contributed by atoms with Crippen LogP contribution in [-0.4, -0.2) is 52.8 Å². The van der Waals surface area contributed by atoms with E-state index in [-0.39, 0.29) is 35.8 Å². The van der Waals surface area contributed by atoms with Gasteiger partial charge in [-0.2, -0.15) is 19.6 Å².